The number of aryl methyl sites for hydroxylation is 1. The Hall–Kier alpha value is -1.23. The summed E-state index contributed by atoms with van der Waals surface area (Å²) in [7, 11) is -3.62. The van der Waals surface area contributed by atoms with Crippen LogP contribution in [0.5, 0.6) is 0 Å². The molecule has 0 bridgehead atoms. The van der Waals surface area contributed by atoms with Crippen molar-refractivity contribution in [1.29, 1.82) is 0 Å². The number of halogens is 2. The van der Waals surface area contributed by atoms with Gasteiger partial charge in [0.25, 0.3) is 0 Å². The highest BCUT2D eigenvalue weighted by Gasteiger charge is 2.14. The van der Waals surface area contributed by atoms with Gasteiger partial charge in [0, 0.05) is 30.6 Å². The number of amides is 1. The number of hydrogen-bond acceptors (Lipinski definition) is 6. The van der Waals surface area contributed by atoms with Crippen LogP contribution in [0.3, 0.4) is 0 Å². The Bertz CT molecular complexity index is 755. The van der Waals surface area contributed by atoms with Crippen molar-refractivity contribution in [3.63, 3.8) is 0 Å². The Labute approximate surface area is 163 Å². The fourth-order valence-electron chi connectivity index (χ4n) is 1.84. The maximum absolute atomic E-state index is 12.0. The van der Waals surface area contributed by atoms with Crippen LogP contribution in [0.2, 0.25) is 0 Å². The number of rotatable bonds is 8. The van der Waals surface area contributed by atoms with Crippen LogP contribution in [0.1, 0.15) is 12.1 Å². The Balaban J connectivity index is 0.00000288. The molecule has 1 heterocycles. The molecule has 25 heavy (non-hydrogen) atoms. The molecule has 11 heteroatoms. The zero-order valence-corrected chi connectivity index (χ0v) is 16.4. The number of benzene rings is 1. The van der Waals surface area contributed by atoms with Crippen molar-refractivity contribution < 1.29 is 13.2 Å². The van der Waals surface area contributed by atoms with Gasteiger partial charge in [-0.05, 0) is 24.6 Å². The molecule has 0 radical (unpaired) electrons. The van der Waals surface area contributed by atoms with Gasteiger partial charge in [-0.1, -0.05) is 6.07 Å². The maximum Gasteiger partial charge on any atom is 0.240 e. The molecule has 2 aromatic rings. The molecule has 0 aliphatic carbocycles. The van der Waals surface area contributed by atoms with Crippen LogP contribution < -0.4 is 15.8 Å². The molecule has 7 nitrogen and oxygen atoms in total. The van der Waals surface area contributed by atoms with Crippen molar-refractivity contribution in [2.45, 2.75) is 17.7 Å². The number of sulfonamides is 1. The number of aromatic nitrogens is 1. The molecule has 0 saturated carbocycles. The van der Waals surface area contributed by atoms with Crippen LogP contribution in [0.25, 0.3) is 0 Å². The van der Waals surface area contributed by atoms with Crippen LogP contribution in [0.4, 0.5) is 5.69 Å². The molecule has 0 saturated heterocycles. The van der Waals surface area contributed by atoms with E-state index in [9.17, 15) is 13.2 Å². The first-order chi connectivity index (χ1) is 11.0. The van der Waals surface area contributed by atoms with E-state index in [1.807, 2.05) is 5.38 Å². The van der Waals surface area contributed by atoms with E-state index in [1.54, 1.807) is 17.6 Å². The van der Waals surface area contributed by atoms with E-state index >= 15 is 0 Å². The lowest BCUT2D eigenvalue weighted by molar-refractivity contribution is -0.116. The summed E-state index contributed by atoms with van der Waals surface area (Å²) >= 11 is 1.48. The van der Waals surface area contributed by atoms with E-state index in [0.717, 1.165) is 5.69 Å². The number of anilines is 1. The predicted octanol–water partition coefficient (Wildman–Crippen LogP) is 1.79. The smallest absolute Gasteiger partial charge is 0.240 e. The van der Waals surface area contributed by atoms with E-state index in [0.29, 0.717) is 12.1 Å². The fraction of sp³-hybridized carbons (Fsp3) is 0.286. The van der Waals surface area contributed by atoms with Crippen LogP contribution in [-0.4, -0.2) is 32.4 Å². The number of carbonyl (C=O) groups excluding carboxylic acids is 1. The highest BCUT2D eigenvalue weighted by molar-refractivity contribution is 7.89. The molecule has 0 aliphatic heterocycles. The summed E-state index contributed by atoms with van der Waals surface area (Å²) in [6, 6.07) is 6.10. The second kappa shape index (κ2) is 11.4. The highest BCUT2D eigenvalue weighted by atomic mass is 35.5. The number of nitrogens with two attached hydrogens (primary N) is 1. The third kappa shape index (κ3) is 7.68. The zero-order valence-electron chi connectivity index (χ0n) is 13.2. The molecule has 1 aromatic heterocycles. The molecule has 0 aliphatic rings. The molecule has 0 unspecified atom stereocenters. The lowest BCUT2D eigenvalue weighted by Crippen LogP contribution is -2.29. The standard InChI is InChI=1S/C14H18N4O3S2.2ClH/c15-6-7-17-23(20,21)13-3-1-2-11(8-13)18-14(19)5-4-12-9-22-10-16-12;;/h1-3,8-10,17H,4-7,15H2,(H,18,19);2*1H. The molecule has 2 rings (SSSR count). The number of carbonyl (C=O) groups is 1. The van der Waals surface area contributed by atoms with Gasteiger partial charge in [0.15, 0.2) is 0 Å². The summed E-state index contributed by atoms with van der Waals surface area (Å²) in [4.78, 5) is 16.1. The largest absolute Gasteiger partial charge is 0.329 e. The maximum atomic E-state index is 12.0. The number of nitrogens with one attached hydrogen (secondary N) is 2. The molecule has 0 spiro atoms. The molecule has 0 atom stereocenters. The lowest BCUT2D eigenvalue weighted by atomic mass is 10.2. The average molecular weight is 427 g/mol. The van der Waals surface area contributed by atoms with Crippen molar-refractivity contribution >= 4 is 57.8 Å². The third-order valence-electron chi connectivity index (χ3n) is 2.96. The van der Waals surface area contributed by atoms with Crippen molar-refractivity contribution in [3.8, 4) is 0 Å². The molecule has 140 valence electrons. The summed E-state index contributed by atoms with van der Waals surface area (Å²) in [5.74, 6) is -0.192. The number of nitrogens with zero attached hydrogens (tertiary/aromatic N) is 1. The third-order valence-corrected chi connectivity index (χ3v) is 5.05. The second-order valence-corrected chi connectivity index (χ2v) is 7.23. The lowest BCUT2D eigenvalue weighted by Gasteiger charge is -2.09. The monoisotopic (exact) mass is 426 g/mol. The minimum atomic E-state index is -3.62. The Kier molecular flexibility index (Phi) is 10.8. The van der Waals surface area contributed by atoms with Crippen molar-refractivity contribution in [2.24, 2.45) is 5.73 Å². The molecular formula is C14H20Cl2N4O3S2. The molecule has 0 fully saturated rings. The Morgan fingerprint density at radius 3 is 2.68 bits per heavy atom. The van der Waals surface area contributed by atoms with E-state index in [2.05, 4.69) is 15.0 Å². The van der Waals surface area contributed by atoms with Gasteiger partial charge in [0.05, 0.1) is 16.1 Å². The van der Waals surface area contributed by atoms with Crippen LogP contribution in [0, 0.1) is 0 Å². The first-order valence-corrected chi connectivity index (χ1v) is 9.40. The van der Waals surface area contributed by atoms with Gasteiger partial charge in [0.1, 0.15) is 0 Å². The topological polar surface area (TPSA) is 114 Å². The SMILES string of the molecule is Cl.Cl.NCCNS(=O)(=O)c1cccc(NC(=O)CCc2cscn2)c1. The van der Waals surface area contributed by atoms with Crippen molar-refractivity contribution in [1.82, 2.24) is 9.71 Å². The zero-order chi connectivity index (χ0) is 16.7. The van der Waals surface area contributed by atoms with Crippen molar-refractivity contribution in [3.05, 3.63) is 40.8 Å². The van der Waals surface area contributed by atoms with E-state index in [-0.39, 0.29) is 55.1 Å². The molecular weight excluding hydrogens is 407 g/mol. The minimum Gasteiger partial charge on any atom is -0.329 e. The summed E-state index contributed by atoms with van der Waals surface area (Å²) in [5, 5.41) is 4.59. The summed E-state index contributed by atoms with van der Waals surface area (Å²) in [6.07, 6.45) is 0.831. The number of thiazole rings is 1. The van der Waals surface area contributed by atoms with Crippen LogP contribution in [0.15, 0.2) is 40.1 Å². The summed E-state index contributed by atoms with van der Waals surface area (Å²) in [5.41, 5.74) is 8.32. The van der Waals surface area contributed by atoms with Gasteiger partial charge in [-0.25, -0.2) is 18.1 Å². The van der Waals surface area contributed by atoms with Gasteiger partial charge >= 0.3 is 0 Å². The first-order valence-electron chi connectivity index (χ1n) is 6.98. The average Bonchev–Trinajstić information content (AvgIpc) is 3.05. The van der Waals surface area contributed by atoms with Gasteiger partial charge in [-0.2, -0.15) is 0 Å². The van der Waals surface area contributed by atoms with Crippen molar-refractivity contribution in [2.75, 3.05) is 18.4 Å². The fourth-order valence-corrected chi connectivity index (χ4v) is 3.53. The van der Waals surface area contributed by atoms with Gasteiger partial charge < -0.3 is 11.1 Å². The molecule has 4 N–H and O–H groups in total. The van der Waals surface area contributed by atoms with E-state index in [1.165, 1.54) is 23.5 Å². The normalized spacial score (nSPS) is 10.4. The van der Waals surface area contributed by atoms with Gasteiger partial charge in [0.2, 0.25) is 15.9 Å². The first kappa shape index (κ1) is 23.8. The number of hydrogen-bond donors (Lipinski definition) is 3. The molecule has 1 aromatic carbocycles. The van der Waals surface area contributed by atoms with Gasteiger partial charge in [-0.3, -0.25) is 4.79 Å². The quantitative estimate of drug-likeness (QED) is 0.595. The van der Waals surface area contributed by atoms with E-state index < -0.39 is 10.0 Å². The second-order valence-electron chi connectivity index (χ2n) is 4.74. The Morgan fingerprint density at radius 1 is 1.28 bits per heavy atom. The van der Waals surface area contributed by atoms with Crippen LogP contribution in [-0.2, 0) is 21.2 Å². The Morgan fingerprint density at radius 2 is 2.04 bits per heavy atom. The predicted molar refractivity (Wildman–Crippen MR) is 104 cm³/mol. The van der Waals surface area contributed by atoms with Gasteiger partial charge in [-0.15, -0.1) is 36.2 Å². The highest BCUT2D eigenvalue weighted by Crippen LogP contribution is 2.16. The summed E-state index contributed by atoms with van der Waals surface area (Å²) < 4.78 is 26.4. The van der Waals surface area contributed by atoms with Crippen LogP contribution >= 0.6 is 36.2 Å². The minimum absolute atomic E-state index is 0. The van der Waals surface area contributed by atoms with E-state index in [4.69, 9.17) is 5.73 Å². The summed E-state index contributed by atoms with van der Waals surface area (Å²) in [6.45, 7) is 0.374. The molecule has 1 amide bonds.